The summed E-state index contributed by atoms with van der Waals surface area (Å²) >= 11 is 0. The van der Waals surface area contributed by atoms with Gasteiger partial charge < -0.3 is 14.8 Å². The number of aromatic nitrogens is 2. The van der Waals surface area contributed by atoms with Gasteiger partial charge in [0, 0.05) is 37.9 Å². The predicted molar refractivity (Wildman–Crippen MR) is 154 cm³/mol. The van der Waals surface area contributed by atoms with E-state index in [0.717, 1.165) is 11.1 Å². The van der Waals surface area contributed by atoms with E-state index in [0.29, 0.717) is 66.0 Å². The standard InChI is InChI=1S/C32H29FN4O5/c1-32(31(41)36-18-21-6-2-3-7-22(21)19-36)17-27(35-42-32)20-10-15-25-26(16-20)34-28(8-4-5-9-29(38)39)37(30(25)40)24-13-11-23(33)12-14-24/h2-3,6-7,10-16H,4-5,8-9,17-19H2,1H3,(H,38,39). The molecule has 10 heteroatoms. The smallest absolute Gasteiger partial charge is 0.303 e. The third-order valence-electron chi connectivity index (χ3n) is 7.84. The fourth-order valence-corrected chi connectivity index (χ4v) is 5.62. The van der Waals surface area contributed by atoms with Gasteiger partial charge in [-0.15, -0.1) is 0 Å². The molecule has 1 amide bonds. The largest absolute Gasteiger partial charge is 0.481 e. The van der Waals surface area contributed by atoms with Gasteiger partial charge >= 0.3 is 5.97 Å². The second-order valence-corrected chi connectivity index (χ2v) is 10.9. The van der Waals surface area contributed by atoms with Crippen molar-refractivity contribution in [2.75, 3.05) is 0 Å². The molecule has 0 fully saturated rings. The van der Waals surface area contributed by atoms with Gasteiger partial charge in [0.25, 0.3) is 11.5 Å². The fourth-order valence-electron chi connectivity index (χ4n) is 5.62. The zero-order valence-corrected chi connectivity index (χ0v) is 23.0. The summed E-state index contributed by atoms with van der Waals surface area (Å²) in [5.41, 5.74) is 2.97. The Morgan fingerprint density at radius 1 is 1.02 bits per heavy atom. The number of hydrogen-bond acceptors (Lipinski definition) is 6. The molecular weight excluding hydrogens is 539 g/mol. The molecule has 0 spiro atoms. The second kappa shape index (κ2) is 10.8. The van der Waals surface area contributed by atoms with Crippen LogP contribution in [0.3, 0.4) is 0 Å². The number of nitrogens with zero attached hydrogens (tertiary/aromatic N) is 4. The Morgan fingerprint density at radius 2 is 1.74 bits per heavy atom. The number of aryl methyl sites for hydroxylation is 1. The van der Waals surface area contributed by atoms with Crippen molar-refractivity contribution < 1.29 is 23.9 Å². The third-order valence-corrected chi connectivity index (χ3v) is 7.84. The summed E-state index contributed by atoms with van der Waals surface area (Å²) in [4.78, 5) is 50.5. The zero-order chi connectivity index (χ0) is 29.4. The summed E-state index contributed by atoms with van der Waals surface area (Å²) < 4.78 is 15.1. The first-order chi connectivity index (χ1) is 20.2. The van der Waals surface area contributed by atoms with Gasteiger partial charge in [-0.3, -0.25) is 19.0 Å². The van der Waals surface area contributed by atoms with Crippen LogP contribution in [0.2, 0.25) is 0 Å². The first kappa shape index (κ1) is 27.3. The molecule has 2 aliphatic heterocycles. The van der Waals surface area contributed by atoms with Crippen molar-refractivity contribution >= 4 is 28.5 Å². The van der Waals surface area contributed by atoms with E-state index in [4.69, 9.17) is 14.9 Å². The summed E-state index contributed by atoms with van der Waals surface area (Å²) in [6.45, 7) is 2.79. The highest BCUT2D eigenvalue weighted by Crippen LogP contribution is 2.33. The molecule has 4 aromatic rings. The molecule has 214 valence electrons. The van der Waals surface area contributed by atoms with Gasteiger partial charge in [-0.05, 0) is 67.3 Å². The Hall–Kier alpha value is -4.86. The molecule has 0 bridgehead atoms. The Kier molecular flexibility index (Phi) is 7.06. The van der Waals surface area contributed by atoms with Crippen molar-refractivity contribution in [3.05, 3.63) is 105 Å². The maximum Gasteiger partial charge on any atom is 0.303 e. The van der Waals surface area contributed by atoms with Crippen molar-refractivity contribution in [1.82, 2.24) is 14.5 Å². The van der Waals surface area contributed by atoms with E-state index < -0.39 is 17.4 Å². The Bertz CT molecular complexity index is 1770. The molecule has 2 aliphatic rings. The number of carbonyl (C=O) groups is 2. The SMILES string of the molecule is CC1(C(=O)N2Cc3ccccc3C2)CC(c2ccc3c(=O)n(-c4ccc(F)cc4)c(CCCCC(=O)O)nc3c2)=NO1. The van der Waals surface area contributed by atoms with Crippen LogP contribution in [0.1, 0.15) is 55.1 Å². The molecule has 42 heavy (non-hydrogen) atoms. The minimum absolute atomic E-state index is 0.0132. The normalized spacial score (nSPS) is 17.7. The highest BCUT2D eigenvalue weighted by molar-refractivity contribution is 6.07. The van der Waals surface area contributed by atoms with E-state index in [1.165, 1.54) is 28.8 Å². The van der Waals surface area contributed by atoms with Gasteiger partial charge in [0.1, 0.15) is 11.6 Å². The lowest BCUT2D eigenvalue weighted by molar-refractivity contribution is -0.153. The summed E-state index contributed by atoms with van der Waals surface area (Å²) in [6, 6.07) is 18.8. The molecule has 1 atom stereocenters. The Balaban J connectivity index is 1.28. The van der Waals surface area contributed by atoms with Crippen LogP contribution in [-0.4, -0.2) is 42.7 Å². The van der Waals surface area contributed by atoms with Gasteiger partial charge in [-0.2, -0.15) is 0 Å². The molecule has 1 aromatic heterocycles. The van der Waals surface area contributed by atoms with E-state index >= 15 is 0 Å². The molecule has 0 radical (unpaired) electrons. The molecule has 0 saturated carbocycles. The van der Waals surface area contributed by atoms with E-state index in [1.54, 1.807) is 30.0 Å². The van der Waals surface area contributed by atoms with Gasteiger partial charge in [0.15, 0.2) is 0 Å². The van der Waals surface area contributed by atoms with Crippen LogP contribution in [0, 0.1) is 5.82 Å². The summed E-state index contributed by atoms with van der Waals surface area (Å²) in [6.07, 6.45) is 1.56. The van der Waals surface area contributed by atoms with Gasteiger partial charge in [0.05, 0.1) is 22.3 Å². The maximum atomic E-state index is 13.7. The third kappa shape index (κ3) is 5.15. The average Bonchev–Trinajstić information content (AvgIpc) is 3.60. The molecular formula is C32H29FN4O5. The Labute approximate surface area is 240 Å². The van der Waals surface area contributed by atoms with Crippen LogP contribution in [0.5, 0.6) is 0 Å². The minimum Gasteiger partial charge on any atom is -0.481 e. The number of hydrogen-bond donors (Lipinski definition) is 1. The first-order valence-corrected chi connectivity index (χ1v) is 13.9. The quantitative estimate of drug-likeness (QED) is 0.307. The van der Waals surface area contributed by atoms with Crippen molar-refractivity contribution in [2.24, 2.45) is 5.16 Å². The number of fused-ring (bicyclic) bond motifs is 2. The van der Waals surface area contributed by atoms with E-state index in [1.807, 2.05) is 24.3 Å². The highest BCUT2D eigenvalue weighted by Gasteiger charge is 2.45. The average molecular weight is 569 g/mol. The molecule has 0 aliphatic carbocycles. The van der Waals surface area contributed by atoms with Crippen molar-refractivity contribution in [3.63, 3.8) is 0 Å². The molecule has 1 unspecified atom stereocenters. The van der Waals surface area contributed by atoms with Crippen LogP contribution < -0.4 is 5.56 Å². The van der Waals surface area contributed by atoms with E-state index in [-0.39, 0.29) is 24.3 Å². The number of amides is 1. The van der Waals surface area contributed by atoms with Crippen molar-refractivity contribution in [2.45, 2.75) is 57.7 Å². The van der Waals surface area contributed by atoms with Crippen LogP contribution >= 0.6 is 0 Å². The van der Waals surface area contributed by atoms with Crippen LogP contribution in [0.25, 0.3) is 16.6 Å². The number of oxime groups is 1. The molecule has 3 heterocycles. The zero-order valence-electron chi connectivity index (χ0n) is 23.0. The summed E-state index contributed by atoms with van der Waals surface area (Å²) in [5, 5.41) is 13.6. The van der Waals surface area contributed by atoms with Gasteiger partial charge in [-0.1, -0.05) is 35.5 Å². The predicted octanol–water partition coefficient (Wildman–Crippen LogP) is 4.75. The number of carbonyl (C=O) groups excluding carboxylic acids is 1. The molecule has 3 aromatic carbocycles. The monoisotopic (exact) mass is 568 g/mol. The van der Waals surface area contributed by atoms with Crippen LogP contribution in [0.15, 0.2) is 76.7 Å². The first-order valence-electron chi connectivity index (χ1n) is 13.9. The summed E-state index contributed by atoms with van der Waals surface area (Å²) in [5.74, 6) is -1.00. The highest BCUT2D eigenvalue weighted by atomic mass is 19.1. The minimum atomic E-state index is -1.15. The van der Waals surface area contributed by atoms with Gasteiger partial charge in [0.2, 0.25) is 5.60 Å². The van der Waals surface area contributed by atoms with E-state index in [2.05, 4.69) is 5.16 Å². The van der Waals surface area contributed by atoms with Crippen molar-refractivity contribution in [1.29, 1.82) is 0 Å². The lowest BCUT2D eigenvalue weighted by atomic mass is 9.94. The topological polar surface area (TPSA) is 114 Å². The van der Waals surface area contributed by atoms with Crippen LogP contribution in [-0.2, 0) is 33.9 Å². The number of aliphatic carboxylic acids is 1. The van der Waals surface area contributed by atoms with Crippen molar-refractivity contribution in [3.8, 4) is 5.69 Å². The lowest BCUT2D eigenvalue weighted by Gasteiger charge is -2.26. The number of halogens is 1. The molecule has 6 rings (SSSR count). The number of carboxylic acids is 1. The lowest BCUT2D eigenvalue weighted by Crippen LogP contribution is -2.45. The molecule has 0 saturated heterocycles. The number of unbranched alkanes of at least 4 members (excludes halogenated alkanes) is 1. The van der Waals surface area contributed by atoms with Crippen LogP contribution in [0.4, 0.5) is 4.39 Å². The van der Waals surface area contributed by atoms with E-state index in [9.17, 15) is 18.8 Å². The number of benzene rings is 3. The second-order valence-electron chi connectivity index (χ2n) is 10.9. The number of carboxylic acid groups (broad SMARTS) is 1. The Morgan fingerprint density at radius 3 is 2.43 bits per heavy atom. The summed E-state index contributed by atoms with van der Waals surface area (Å²) in [7, 11) is 0. The fraction of sp³-hybridized carbons (Fsp3) is 0.281. The maximum absolute atomic E-state index is 13.7. The number of rotatable bonds is 8. The molecule has 9 nitrogen and oxygen atoms in total. The molecule has 1 N–H and O–H groups in total. The van der Waals surface area contributed by atoms with Gasteiger partial charge in [-0.25, -0.2) is 9.37 Å².